The van der Waals surface area contributed by atoms with Gasteiger partial charge in [0.15, 0.2) is 0 Å². The molecule has 0 bridgehead atoms. The van der Waals surface area contributed by atoms with Crippen LogP contribution < -0.4 is 4.74 Å². The van der Waals surface area contributed by atoms with Gasteiger partial charge in [0.2, 0.25) is 0 Å². The summed E-state index contributed by atoms with van der Waals surface area (Å²) in [6, 6.07) is 19.7. The van der Waals surface area contributed by atoms with Gasteiger partial charge in [-0.2, -0.15) is 0 Å². The molecule has 0 amide bonds. The van der Waals surface area contributed by atoms with Gasteiger partial charge in [0, 0.05) is 30.8 Å². The Balaban J connectivity index is 1.75. The lowest BCUT2D eigenvalue weighted by atomic mass is 9.63. The van der Waals surface area contributed by atoms with E-state index in [-0.39, 0.29) is 5.41 Å². The summed E-state index contributed by atoms with van der Waals surface area (Å²) in [7, 11) is 3.94. The van der Waals surface area contributed by atoms with E-state index < -0.39 is 0 Å². The van der Waals surface area contributed by atoms with E-state index in [1.165, 1.54) is 12.0 Å². The molecule has 27 heavy (non-hydrogen) atoms. The van der Waals surface area contributed by atoms with Gasteiger partial charge in [0.1, 0.15) is 5.75 Å². The second-order valence-electron chi connectivity index (χ2n) is 7.97. The first-order valence-electron chi connectivity index (χ1n) is 9.95. The normalized spacial score (nSPS) is 26.4. The maximum absolute atomic E-state index is 5.22. The summed E-state index contributed by atoms with van der Waals surface area (Å²) in [5, 5.41) is 0. The zero-order valence-corrected chi connectivity index (χ0v) is 17.1. The molecule has 1 aliphatic rings. The Labute approximate surface area is 164 Å². The van der Waals surface area contributed by atoms with E-state index in [0.717, 1.165) is 30.8 Å². The number of hydrogen-bond acceptors (Lipinski definition) is 3. The smallest absolute Gasteiger partial charge is 0.118 e. The van der Waals surface area contributed by atoms with Gasteiger partial charge < -0.3 is 9.64 Å². The molecule has 1 fully saturated rings. The van der Waals surface area contributed by atoms with Gasteiger partial charge in [-0.1, -0.05) is 37.3 Å². The molecule has 0 saturated carbocycles. The van der Waals surface area contributed by atoms with Gasteiger partial charge in [-0.15, -0.1) is 0 Å². The second kappa shape index (κ2) is 8.71. The highest BCUT2D eigenvalue weighted by Crippen LogP contribution is 2.44. The Bertz CT molecular complexity index is 741. The highest BCUT2D eigenvalue weighted by Gasteiger charge is 2.43. The average Bonchev–Trinajstić information content (AvgIpc) is 2.70. The minimum atomic E-state index is 0.199. The molecule has 0 N–H and O–H groups in total. The first-order chi connectivity index (χ1) is 13.0. The van der Waals surface area contributed by atoms with Gasteiger partial charge in [-0.05, 0) is 68.1 Å². The van der Waals surface area contributed by atoms with Crippen molar-refractivity contribution in [2.45, 2.75) is 38.1 Å². The summed E-state index contributed by atoms with van der Waals surface area (Å²) in [6.07, 6.45) is 4.26. The summed E-state index contributed by atoms with van der Waals surface area (Å²) < 4.78 is 5.22. The van der Waals surface area contributed by atoms with Crippen molar-refractivity contribution in [3.8, 4) is 5.75 Å². The van der Waals surface area contributed by atoms with Crippen LogP contribution in [0.15, 0.2) is 59.6 Å². The fourth-order valence-electron chi connectivity index (χ4n) is 4.46. The van der Waals surface area contributed by atoms with Crippen LogP contribution in [0.4, 0.5) is 0 Å². The number of aliphatic imine (C=N–C) groups is 1. The van der Waals surface area contributed by atoms with Crippen molar-refractivity contribution in [2.24, 2.45) is 10.9 Å². The molecule has 2 aromatic carbocycles. The maximum atomic E-state index is 5.22. The molecule has 1 aliphatic heterocycles. The lowest BCUT2D eigenvalue weighted by Gasteiger charge is -2.49. The van der Waals surface area contributed by atoms with Crippen LogP contribution in [0.25, 0.3) is 0 Å². The number of ether oxygens (including phenoxy) is 1. The lowest BCUT2D eigenvalue weighted by Crippen LogP contribution is -2.51. The Kier molecular flexibility index (Phi) is 6.33. The fraction of sp³-hybridized carbons (Fsp3) is 0.458. The molecule has 3 heteroatoms. The topological polar surface area (TPSA) is 24.8 Å². The number of rotatable bonds is 6. The van der Waals surface area contributed by atoms with Crippen molar-refractivity contribution in [3.63, 3.8) is 0 Å². The summed E-state index contributed by atoms with van der Waals surface area (Å²) in [4.78, 5) is 7.25. The Hall–Kier alpha value is -2.13. The summed E-state index contributed by atoms with van der Waals surface area (Å²) in [5.74, 6) is 1.49. The van der Waals surface area contributed by atoms with E-state index in [1.807, 2.05) is 18.3 Å². The van der Waals surface area contributed by atoms with Gasteiger partial charge in [-0.3, -0.25) is 4.99 Å². The number of piperidine rings is 1. The molecule has 3 atom stereocenters. The van der Waals surface area contributed by atoms with Crippen molar-refractivity contribution in [3.05, 3.63) is 65.7 Å². The minimum absolute atomic E-state index is 0.199. The molecule has 3 nitrogen and oxygen atoms in total. The van der Waals surface area contributed by atoms with E-state index in [0.29, 0.717) is 12.0 Å². The molecular weight excluding hydrogens is 332 g/mol. The summed E-state index contributed by atoms with van der Waals surface area (Å²) >= 11 is 0. The standard InChI is InChI=1S/C24H32N2O/c1-19-18-26(3)20(2)16-24(19,22-8-6-5-7-9-22)14-15-25-17-21-10-12-23(27-4)13-11-21/h5-13,17,19-20H,14-16,18H2,1-4H3/t19-,20+,24+/m1/s1. The molecule has 1 saturated heterocycles. The Morgan fingerprint density at radius 2 is 1.81 bits per heavy atom. The quantitative estimate of drug-likeness (QED) is 0.688. The third-order valence-electron chi connectivity index (χ3n) is 6.31. The summed E-state index contributed by atoms with van der Waals surface area (Å²) in [5.41, 5.74) is 2.79. The van der Waals surface area contributed by atoms with Gasteiger partial charge in [0.25, 0.3) is 0 Å². The van der Waals surface area contributed by atoms with E-state index in [2.05, 4.69) is 68.3 Å². The molecule has 0 aromatic heterocycles. The first kappa shape index (κ1) is 19.6. The molecular formula is C24H32N2O. The largest absolute Gasteiger partial charge is 0.497 e. The van der Waals surface area contributed by atoms with Crippen LogP contribution in [0.5, 0.6) is 5.75 Å². The lowest BCUT2D eigenvalue weighted by molar-refractivity contribution is 0.0705. The molecule has 2 aromatic rings. The van der Waals surface area contributed by atoms with Gasteiger partial charge >= 0.3 is 0 Å². The SMILES string of the molecule is COc1ccc(C=NCC[C@]2(c3ccccc3)C[C@H](C)N(C)C[C@H]2C)cc1. The zero-order chi connectivity index (χ0) is 19.3. The third kappa shape index (κ3) is 4.41. The predicted octanol–water partition coefficient (Wildman–Crippen LogP) is 4.80. The molecule has 0 aliphatic carbocycles. The van der Waals surface area contributed by atoms with Crippen molar-refractivity contribution >= 4 is 6.21 Å². The van der Waals surface area contributed by atoms with Crippen LogP contribution in [0.3, 0.4) is 0 Å². The number of methoxy groups -OCH3 is 1. The average molecular weight is 365 g/mol. The number of benzene rings is 2. The minimum Gasteiger partial charge on any atom is -0.497 e. The Morgan fingerprint density at radius 3 is 2.48 bits per heavy atom. The van der Waals surface area contributed by atoms with Crippen LogP contribution in [0, 0.1) is 5.92 Å². The highest BCUT2D eigenvalue weighted by atomic mass is 16.5. The van der Waals surface area contributed by atoms with Crippen LogP contribution in [-0.4, -0.2) is 44.4 Å². The Morgan fingerprint density at radius 1 is 1.11 bits per heavy atom. The van der Waals surface area contributed by atoms with Crippen LogP contribution in [0.1, 0.15) is 37.8 Å². The molecule has 0 spiro atoms. The van der Waals surface area contributed by atoms with Gasteiger partial charge in [-0.25, -0.2) is 0 Å². The highest BCUT2D eigenvalue weighted by molar-refractivity contribution is 5.79. The third-order valence-corrected chi connectivity index (χ3v) is 6.31. The maximum Gasteiger partial charge on any atom is 0.118 e. The summed E-state index contributed by atoms with van der Waals surface area (Å²) in [6.45, 7) is 6.74. The van der Waals surface area contributed by atoms with E-state index in [9.17, 15) is 0 Å². The number of nitrogens with zero attached hydrogens (tertiary/aromatic N) is 2. The van der Waals surface area contributed by atoms with Gasteiger partial charge in [0.05, 0.1) is 7.11 Å². The van der Waals surface area contributed by atoms with Crippen LogP contribution in [0.2, 0.25) is 0 Å². The molecule has 0 unspecified atom stereocenters. The zero-order valence-electron chi connectivity index (χ0n) is 17.1. The first-order valence-corrected chi connectivity index (χ1v) is 9.95. The second-order valence-corrected chi connectivity index (χ2v) is 7.97. The molecule has 1 heterocycles. The van der Waals surface area contributed by atoms with Crippen molar-refractivity contribution < 1.29 is 4.74 Å². The number of hydrogen-bond donors (Lipinski definition) is 0. The van der Waals surface area contributed by atoms with Crippen LogP contribution >= 0.6 is 0 Å². The predicted molar refractivity (Wildman–Crippen MR) is 114 cm³/mol. The molecule has 0 radical (unpaired) electrons. The number of likely N-dealkylation sites (tertiary alicyclic amines) is 1. The van der Waals surface area contributed by atoms with E-state index in [4.69, 9.17) is 9.73 Å². The van der Waals surface area contributed by atoms with Crippen molar-refractivity contribution in [1.29, 1.82) is 0 Å². The monoisotopic (exact) mass is 364 g/mol. The molecule has 3 rings (SSSR count). The fourth-order valence-corrected chi connectivity index (χ4v) is 4.46. The molecule has 144 valence electrons. The van der Waals surface area contributed by atoms with Crippen molar-refractivity contribution in [1.82, 2.24) is 4.90 Å². The van der Waals surface area contributed by atoms with E-state index in [1.54, 1.807) is 7.11 Å². The van der Waals surface area contributed by atoms with Crippen LogP contribution in [-0.2, 0) is 5.41 Å². The van der Waals surface area contributed by atoms with Crippen molar-refractivity contribution in [2.75, 3.05) is 27.2 Å². The van der Waals surface area contributed by atoms with E-state index >= 15 is 0 Å².